The Labute approximate surface area is 150 Å². The summed E-state index contributed by atoms with van der Waals surface area (Å²) in [5.74, 6) is 1.59. The van der Waals surface area contributed by atoms with Gasteiger partial charge in [-0.25, -0.2) is 4.99 Å². The molecule has 1 aromatic carbocycles. The first kappa shape index (κ1) is 19.2. The van der Waals surface area contributed by atoms with E-state index in [1.807, 2.05) is 31.3 Å². The third-order valence-corrected chi connectivity index (χ3v) is 4.17. The van der Waals surface area contributed by atoms with E-state index in [-0.39, 0.29) is 5.91 Å². The lowest BCUT2D eigenvalue weighted by molar-refractivity contribution is 0.0963. The summed E-state index contributed by atoms with van der Waals surface area (Å²) in [5.41, 5.74) is 1.73. The number of carbonyl (C=O) groups excluding carboxylic acids is 1. The van der Waals surface area contributed by atoms with Gasteiger partial charge >= 0.3 is 0 Å². The van der Waals surface area contributed by atoms with Gasteiger partial charge < -0.3 is 20.3 Å². The Morgan fingerprint density at radius 3 is 2.64 bits per heavy atom. The van der Waals surface area contributed by atoms with Crippen molar-refractivity contribution in [3.05, 3.63) is 35.4 Å². The number of benzene rings is 1. The average molecular weight is 346 g/mol. The molecular formula is C19H30N4O2. The van der Waals surface area contributed by atoms with Gasteiger partial charge in [0.15, 0.2) is 5.96 Å². The lowest BCUT2D eigenvalue weighted by Gasteiger charge is -2.22. The van der Waals surface area contributed by atoms with Crippen molar-refractivity contribution < 1.29 is 9.53 Å². The molecule has 0 bridgehead atoms. The van der Waals surface area contributed by atoms with E-state index in [0.717, 1.165) is 43.7 Å². The van der Waals surface area contributed by atoms with Gasteiger partial charge in [0.1, 0.15) is 0 Å². The van der Waals surface area contributed by atoms with Gasteiger partial charge in [0.25, 0.3) is 5.91 Å². The Hall–Kier alpha value is -2.08. The molecule has 25 heavy (non-hydrogen) atoms. The van der Waals surface area contributed by atoms with Crippen molar-refractivity contribution in [2.24, 2.45) is 10.9 Å². The third-order valence-electron chi connectivity index (χ3n) is 4.17. The van der Waals surface area contributed by atoms with Gasteiger partial charge in [-0.3, -0.25) is 4.79 Å². The van der Waals surface area contributed by atoms with Crippen molar-refractivity contribution in [1.82, 2.24) is 15.5 Å². The molecule has 1 aliphatic rings. The monoisotopic (exact) mass is 346 g/mol. The van der Waals surface area contributed by atoms with Crippen LogP contribution in [0.25, 0.3) is 0 Å². The number of likely N-dealkylation sites (N-methyl/N-ethyl adjacent to an activating group) is 1. The maximum atomic E-state index is 11.6. The fraction of sp³-hybridized carbons (Fsp3) is 0.579. The van der Waals surface area contributed by atoms with Crippen molar-refractivity contribution in [3.8, 4) is 0 Å². The predicted molar refractivity (Wildman–Crippen MR) is 101 cm³/mol. The highest BCUT2D eigenvalue weighted by molar-refractivity contribution is 5.93. The summed E-state index contributed by atoms with van der Waals surface area (Å²) in [5, 5.41) is 5.93. The van der Waals surface area contributed by atoms with E-state index in [4.69, 9.17) is 4.74 Å². The highest BCUT2D eigenvalue weighted by Crippen LogP contribution is 2.28. The van der Waals surface area contributed by atoms with Gasteiger partial charge in [-0.1, -0.05) is 12.1 Å². The van der Waals surface area contributed by atoms with Crippen LogP contribution in [0.4, 0.5) is 0 Å². The zero-order chi connectivity index (χ0) is 18.1. The quantitative estimate of drug-likeness (QED) is 0.407. The molecule has 0 saturated heterocycles. The molecule has 0 heterocycles. The van der Waals surface area contributed by atoms with Crippen LogP contribution in [0.5, 0.6) is 0 Å². The van der Waals surface area contributed by atoms with Crippen LogP contribution in [0.15, 0.2) is 29.3 Å². The van der Waals surface area contributed by atoms with Crippen molar-refractivity contribution in [1.29, 1.82) is 0 Å². The van der Waals surface area contributed by atoms with E-state index in [1.165, 1.54) is 12.8 Å². The standard InChI is InChI=1S/C19H30N4O2/c1-4-21-19(23(3)11-12-25-14-16-5-6-16)22-13-15-7-9-17(10-8-15)18(24)20-2/h7-10,16H,4-6,11-14H2,1-3H3,(H,20,24)(H,21,22). The first-order valence-corrected chi connectivity index (χ1v) is 9.02. The Balaban J connectivity index is 1.85. The van der Waals surface area contributed by atoms with Gasteiger partial charge in [0.2, 0.25) is 0 Å². The van der Waals surface area contributed by atoms with Crippen LogP contribution in [0.3, 0.4) is 0 Å². The highest BCUT2D eigenvalue weighted by Gasteiger charge is 2.21. The van der Waals surface area contributed by atoms with Crippen LogP contribution in [-0.2, 0) is 11.3 Å². The van der Waals surface area contributed by atoms with Crippen LogP contribution in [0, 0.1) is 5.92 Å². The van der Waals surface area contributed by atoms with Crippen LogP contribution >= 0.6 is 0 Å². The van der Waals surface area contributed by atoms with Gasteiger partial charge in [0, 0.05) is 39.4 Å². The Morgan fingerprint density at radius 2 is 2.04 bits per heavy atom. The largest absolute Gasteiger partial charge is 0.379 e. The average Bonchev–Trinajstić information content (AvgIpc) is 3.46. The van der Waals surface area contributed by atoms with Gasteiger partial charge in [-0.2, -0.15) is 0 Å². The first-order valence-electron chi connectivity index (χ1n) is 9.02. The smallest absolute Gasteiger partial charge is 0.251 e. The number of guanidine groups is 1. The zero-order valence-electron chi connectivity index (χ0n) is 15.5. The summed E-state index contributed by atoms with van der Waals surface area (Å²) in [6, 6.07) is 7.53. The Bertz CT molecular complexity index is 567. The van der Waals surface area contributed by atoms with Gasteiger partial charge in [-0.05, 0) is 43.4 Å². The van der Waals surface area contributed by atoms with E-state index in [1.54, 1.807) is 7.05 Å². The number of hydrogen-bond acceptors (Lipinski definition) is 3. The molecule has 0 aromatic heterocycles. The summed E-state index contributed by atoms with van der Waals surface area (Å²) in [6.07, 6.45) is 2.64. The molecule has 6 heteroatoms. The minimum Gasteiger partial charge on any atom is -0.379 e. The Kier molecular flexibility index (Phi) is 7.73. The highest BCUT2D eigenvalue weighted by atomic mass is 16.5. The molecule has 0 spiro atoms. The van der Waals surface area contributed by atoms with Crippen LogP contribution < -0.4 is 10.6 Å². The van der Waals surface area contributed by atoms with Gasteiger partial charge in [0.05, 0.1) is 13.2 Å². The zero-order valence-corrected chi connectivity index (χ0v) is 15.5. The first-order chi connectivity index (χ1) is 12.1. The molecule has 2 rings (SSSR count). The second-order valence-electron chi connectivity index (χ2n) is 6.39. The summed E-state index contributed by atoms with van der Waals surface area (Å²) in [6.45, 7) is 5.88. The lowest BCUT2D eigenvalue weighted by Crippen LogP contribution is -2.40. The minimum absolute atomic E-state index is 0.0747. The van der Waals surface area contributed by atoms with Crippen LogP contribution in [-0.4, -0.2) is 57.2 Å². The summed E-state index contributed by atoms with van der Waals surface area (Å²) in [4.78, 5) is 18.3. The predicted octanol–water partition coefficient (Wildman–Crippen LogP) is 1.87. The maximum Gasteiger partial charge on any atom is 0.251 e. The van der Waals surface area contributed by atoms with E-state index in [9.17, 15) is 4.79 Å². The molecule has 1 aromatic rings. The number of hydrogen-bond donors (Lipinski definition) is 2. The molecule has 6 nitrogen and oxygen atoms in total. The molecule has 0 unspecified atom stereocenters. The van der Waals surface area contributed by atoms with Crippen LogP contribution in [0.2, 0.25) is 0 Å². The summed E-state index contributed by atoms with van der Waals surface area (Å²) in [7, 11) is 3.66. The Morgan fingerprint density at radius 1 is 1.32 bits per heavy atom. The molecule has 0 atom stereocenters. The van der Waals surface area contributed by atoms with Crippen molar-refractivity contribution in [2.75, 3.05) is 40.4 Å². The van der Waals surface area contributed by atoms with E-state index in [0.29, 0.717) is 12.1 Å². The molecule has 0 aliphatic heterocycles. The number of ether oxygens (including phenoxy) is 1. The number of aliphatic imine (C=N–C) groups is 1. The molecule has 2 N–H and O–H groups in total. The second-order valence-corrected chi connectivity index (χ2v) is 6.39. The fourth-order valence-corrected chi connectivity index (χ4v) is 2.38. The number of carbonyl (C=O) groups is 1. The maximum absolute atomic E-state index is 11.6. The number of rotatable bonds is 9. The lowest BCUT2D eigenvalue weighted by atomic mass is 10.1. The minimum atomic E-state index is -0.0747. The normalized spacial score (nSPS) is 14.3. The SMILES string of the molecule is CCNC(=NCc1ccc(C(=O)NC)cc1)N(C)CCOCC1CC1. The molecule has 1 amide bonds. The number of nitrogens with zero attached hydrogens (tertiary/aromatic N) is 2. The molecule has 1 aliphatic carbocycles. The van der Waals surface area contributed by atoms with E-state index < -0.39 is 0 Å². The molecule has 138 valence electrons. The van der Waals surface area contributed by atoms with E-state index in [2.05, 4.69) is 27.4 Å². The summed E-state index contributed by atoms with van der Waals surface area (Å²) < 4.78 is 5.70. The van der Waals surface area contributed by atoms with Crippen molar-refractivity contribution in [2.45, 2.75) is 26.3 Å². The summed E-state index contributed by atoms with van der Waals surface area (Å²) >= 11 is 0. The van der Waals surface area contributed by atoms with Gasteiger partial charge in [-0.15, -0.1) is 0 Å². The number of nitrogens with one attached hydrogen (secondary N) is 2. The number of amides is 1. The topological polar surface area (TPSA) is 66.0 Å². The molecule has 0 radical (unpaired) electrons. The second kappa shape index (κ2) is 10.0. The molecule has 1 saturated carbocycles. The molecule has 1 fully saturated rings. The third kappa shape index (κ3) is 6.74. The van der Waals surface area contributed by atoms with Crippen molar-refractivity contribution >= 4 is 11.9 Å². The molecular weight excluding hydrogens is 316 g/mol. The van der Waals surface area contributed by atoms with Crippen molar-refractivity contribution in [3.63, 3.8) is 0 Å². The fourth-order valence-electron chi connectivity index (χ4n) is 2.38. The van der Waals surface area contributed by atoms with E-state index >= 15 is 0 Å². The van der Waals surface area contributed by atoms with Crippen LogP contribution in [0.1, 0.15) is 35.7 Å².